The molecule has 1 rings (SSSR count). The SMILES string of the molecule is CC(C)(C)Cc1ccc(S(N)(=O)=O)s1. The Bertz CT molecular complexity index is 412. The number of hydrogen-bond acceptors (Lipinski definition) is 3. The van der Waals surface area contributed by atoms with Crippen molar-refractivity contribution in [3.8, 4) is 0 Å². The monoisotopic (exact) mass is 233 g/mol. The minimum Gasteiger partial charge on any atom is -0.224 e. The summed E-state index contributed by atoms with van der Waals surface area (Å²) in [5, 5.41) is 5.02. The predicted molar refractivity (Wildman–Crippen MR) is 58.9 cm³/mol. The zero-order valence-electron chi connectivity index (χ0n) is 8.57. The molecule has 0 aromatic carbocycles. The van der Waals surface area contributed by atoms with Gasteiger partial charge in [0.2, 0.25) is 10.0 Å². The quantitative estimate of drug-likeness (QED) is 0.849. The van der Waals surface area contributed by atoms with Gasteiger partial charge < -0.3 is 0 Å². The second-order valence-corrected chi connectivity index (χ2v) is 7.46. The molecule has 5 heteroatoms. The van der Waals surface area contributed by atoms with E-state index in [0.29, 0.717) is 0 Å². The summed E-state index contributed by atoms with van der Waals surface area (Å²) >= 11 is 1.25. The van der Waals surface area contributed by atoms with Crippen LogP contribution in [0.5, 0.6) is 0 Å². The van der Waals surface area contributed by atoms with Gasteiger partial charge in [0, 0.05) is 4.88 Å². The zero-order valence-corrected chi connectivity index (χ0v) is 10.2. The zero-order chi connectivity index (χ0) is 11.0. The molecular weight excluding hydrogens is 218 g/mol. The van der Waals surface area contributed by atoms with Gasteiger partial charge >= 0.3 is 0 Å². The first-order chi connectivity index (χ1) is 6.18. The highest BCUT2D eigenvalue weighted by atomic mass is 32.2. The Morgan fingerprint density at radius 2 is 1.93 bits per heavy atom. The predicted octanol–water partition coefficient (Wildman–Crippen LogP) is 1.98. The summed E-state index contributed by atoms with van der Waals surface area (Å²) < 4.78 is 22.2. The second-order valence-electron chi connectivity index (χ2n) is 4.50. The lowest BCUT2D eigenvalue weighted by atomic mass is 9.92. The molecular formula is C9H15NO2S2. The van der Waals surface area contributed by atoms with Crippen LogP contribution < -0.4 is 5.14 Å². The van der Waals surface area contributed by atoms with Crippen LogP contribution in [0.2, 0.25) is 0 Å². The first-order valence-corrected chi connectivity index (χ1v) is 6.66. The molecule has 0 aliphatic carbocycles. The Morgan fingerprint density at radius 3 is 2.29 bits per heavy atom. The molecule has 1 heterocycles. The summed E-state index contributed by atoms with van der Waals surface area (Å²) in [5.41, 5.74) is 0.167. The fraction of sp³-hybridized carbons (Fsp3) is 0.556. The third-order valence-electron chi connectivity index (χ3n) is 1.62. The third kappa shape index (κ3) is 3.40. The van der Waals surface area contributed by atoms with Crippen LogP contribution in [0.25, 0.3) is 0 Å². The van der Waals surface area contributed by atoms with E-state index in [-0.39, 0.29) is 9.62 Å². The molecule has 0 atom stereocenters. The molecule has 0 fully saturated rings. The molecule has 0 spiro atoms. The smallest absolute Gasteiger partial charge is 0.224 e. The van der Waals surface area contributed by atoms with Crippen molar-refractivity contribution in [1.82, 2.24) is 0 Å². The van der Waals surface area contributed by atoms with Gasteiger partial charge in [-0.1, -0.05) is 20.8 Å². The fourth-order valence-electron chi connectivity index (χ4n) is 1.13. The van der Waals surface area contributed by atoms with Crippen molar-refractivity contribution in [2.45, 2.75) is 31.4 Å². The molecule has 0 unspecified atom stereocenters. The molecule has 0 amide bonds. The molecule has 0 bridgehead atoms. The van der Waals surface area contributed by atoms with Gasteiger partial charge in [-0.2, -0.15) is 0 Å². The number of primary sulfonamides is 1. The van der Waals surface area contributed by atoms with Crippen LogP contribution in [0.1, 0.15) is 25.6 Å². The van der Waals surface area contributed by atoms with Crippen LogP contribution >= 0.6 is 11.3 Å². The summed E-state index contributed by atoms with van der Waals surface area (Å²) in [4.78, 5) is 1.06. The first-order valence-electron chi connectivity index (χ1n) is 4.30. The van der Waals surface area contributed by atoms with Crippen LogP contribution in [0.15, 0.2) is 16.3 Å². The van der Waals surface area contributed by atoms with Crippen molar-refractivity contribution in [3.63, 3.8) is 0 Å². The highest BCUT2D eigenvalue weighted by molar-refractivity contribution is 7.91. The van der Waals surface area contributed by atoms with E-state index in [1.165, 1.54) is 11.3 Å². The highest BCUT2D eigenvalue weighted by Gasteiger charge is 2.16. The van der Waals surface area contributed by atoms with E-state index in [2.05, 4.69) is 20.8 Å². The normalized spacial score (nSPS) is 13.1. The van der Waals surface area contributed by atoms with Gasteiger partial charge in [0.15, 0.2) is 0 Å². The van der Waals surface area contributed by atoms with Gasteiger partial charge in [-0.15, -0.1) is 11.3 Å². The van der Waals surface area contributed by atoms with E-state index in [1.807, 2.05) is 6.07 Å². The average Bonchev–Trinajstić information content (AvgIpc) is 2.29. The molecule has 0 saturated heterocycles. The lowest BCUT2D eigenvalue weighted by Gasteiger charge is -2.16. The van der Waals surface area contributed by atoms with Crippen LogP contribution in [0, 0.1) is 5.41 Å². The number of nitrogens with two attached hydrogens (primary N) is 1. The molecule has 3 nitrogen and oxygen atoms in total. The topological polar surface area (TPSA) is 60.2 Å². The highest BCUT2D eigenvalue weighted by Crippen LogP contribution is 2.27. The Hall–Kier alpha value is -0.390. The van der Waals surface area contributed by atoms with Gasteiger partial charge in [-0.25, -0.2) is 13.6 Å². The third-order valence-corrected chi connectivity index (χ3v) is 4.15. The summed E-state index contributed by atoms with van der Waals surface area (Å²) in [7, 11) is -3.52. The fourth-order valence-corrected chi connectivity index (χ4v) is 3.21. The van der Waals surface area contributed by atoms with E-state index in [0.717, 1.165) is 11.3 Å². The van der Waals surface area contributed by atoms with Crippen LogP contribution in [0.3, 0.4) is 0 Å². The summed E-state index contributed by atoms with van der Waals surface area (Å²) in [6.45, 7) is 6.34. The molecule has 0 aliphatic heterocycles. The summed E-state index contributed by atoms with van der Waals surface area (Å²) in [6.07, 6.45) is 0.868. The molecule has 0 saturated carbocycles. The van der Waals surface area contributed by atoms with Gasteiger partial charge in [0.05, 0.1) is 0 Å². The van der Waals surface area contributed by atoms with E-state index in [9.17, 15) is 8.42 Å². The molecule has 1 aromatic heterocycles. The standard InChI is InChI=1S/C9H15NO2S2/c1-9(2,3)6-7-4-5-8(13-7)14(10,11)12/h4-5H,6H2,1-3H3,(H2,10,11,12). The maximum Gasteiger partial charge on any atom is 0.247 e. The van der Waals surface area contributed by atoms with Crippen LogP contribution in [0.4, 0.5) is 0 Å². The maximum atomic E-state index is 11.0. The lowest BCUT2D eigenvalue weighted by molar-refractivity contribution is 0.414. The van der Waals surface area contributed by atoms with Crippen LogP contribution in [-0.2, 0) is 16.4 Å². The second kappa shape index (κ2) is 3.64. The Labute approximate surface area is 89.0 Å². The lowest BCUT2D eigenvalue weighted by Crippen LogP contribution is -2.10. The summed E-state index contributed by atoms with van der Waals surface area (Å²) in [6, 6.07) is 3.40. The van der Waals surface area contributed by atoms with Crippen molar-refractivity contribution < 1.29 is 8.42 Å². The molecule has 14 heavy (non-hydrogen) atoms. The Balaban J connectivity index is 2.90. The molecule has 0 aliphatic rings. The largest absolute Gasteiger partial charge is 0.247 e. The van der Waals surface area contributed by atoms with E-state index in [1.54, 1.807) is 6.07 Å². The van der Waals surface area contributed by atoms with Gasteiger partial charge in [-0.3, -0.25) is 0 Å². The summed E-state index contributed by atoms with van der Waals surface area (Å²) in [5.74, 6) is 0. The number of hydrogen-bond donors (Lipinski definition) is 1. The minimum absolute atomic E-state index is 0.167. The van der Waals surface area contributed by atoms with E-state index >= 15 is 0 Å². The Morgan fingerprint density at radius 1 is 1.36 bits per heavy atom. The molecule has 0 radical (unpaired) electrons. The van der Waals surface area contributed by atoms with Crippen molar-refractivity contribution in [2.24, 2.45) is 10.6 Å². The van der Waals surface area contributed by atoms with Crippen molar-refractivity contribution in [2.75, 3.05) is 0 Å². The average molecular weight is 233 g/mol. The minimum atomic E-state index is -3.52. The van der Waals surface area contributed by atoms with Gasteiger partial charge in [0.25, 0.3) is 0 Å². The van der Waals surface area contributed by atoms with Crippen LogP contribution in [-0.4, -0.2) is 8.42 Å². The van der Waals surface area contributed by atoms with Gasteiger partial charge in [0.1, 0.15) is 4.21 Å². The number of sulfonamides is 1. The van der Waals surface area contributed by atoms with Gasteiger partial charge in [-0.05, 0) is 24.0 Å². The van der Waals surface area contributed by atoms with Crippen molar-refractivity contribution in [1.29, 1.82) is 0 Å². The van der Waals surface area contributed by atoms with Crippen molar-refractivity contribution in [3.05, 3.63) is 17.0 Å². The first kappa shape index (κ1) is 11.7. The molecule has 2 N–H and O–H groups in total. The number of thiophene rings is 1. The maximum absolute atomic E-state index is 11.0. The Kier molecular flexibility index (Phi) is 3.04. The molecule has 80 valence electrons. The van der Waals surface area contributed by atoms with Crippen molar-refractivity contribution >= 4 is 21.4 Å². The van der Waals surface area contributed by atoms with E-state index < -0.39 is 10.0 Å². The molecule has 1 aromatic rings. The number of rotatable bonds is 2. The van der Waals surface area contributed by atoms with E-state index in [4.69, 9.17) is 5.14 Å².